The highest BCUT2D eigenvalue weighted by Crippen LogP contribution is 2.21. The molecule has 1 fully saturated rings. The Hall–Kier alpha value is -1.35. The van der Waals surface area contributed by atoms with Gasteiger partial charge >= 0.3 is 0 Å². The van der Waals surface area contributed by atoms with Crippen LogP contribution in [-0.2, 0) is 0 Å². The first-order chi connectivity index (χ1) is 9.22. The number of para-hydroxylation sites is 1. The lowest BCUT2D eigenvalue weighted by Crippen LogP contribution is -2.40. The normalized spacial score (nSPS) is 20.2. The second-order valence-electron chi connectivity index (χ2n) is 5.17. The van der Waals surface area contributed by atoms with Crippen LogP contribution in [0.5, 0.6) is 5.75 Å². The molecule has 0 aliphatic carbocycles. The van der Waals surface area contributed by atoms with Crippen molar-refractivity contribution in [3.05, 3.63) is 29.8 Å². The fourth-order valence-electron chi connectivity index (χ4n) is 2.64. The van der Waals surface area contributed by atoms with E-state index >= 15 is 0 Å². The first kappa shape index (κ1) is 14.1. The summed E-state index contributed by atoms with van der Waals surface area (Å²) >= 11 is 0. The van der Waals surface area contributed by atoms with Crippen LogP contribution in [-0.4, -0.2) is 36.4 Å². The van der Waals surface area contributed by atoms with E-state index in [1.807, 2.05) is 31.2 Å². The third-order valence-electron chi connectivity index (χ3n) is 3.77. The van der Waals surface area contributed by atoms with Gasteiger partial charge in [-0.25, -0.2) is 0 Å². The molecule has 1 atom stereocenters. The van der Waals surface area contributed by atoms with Gasteiger partial charge < -0.3 is 4.74 Å². The Kier molecular flexibility index (Phi) is 4.97. The topological polar surface area (TPSA) is 29.5 Å². The predicted octanol–water partition coefficient (Wildman–Crippen LogP) is 3.14. The van der Waals surface area contributed by atoms with E-state index in [0.717, 1.165) is 6.54 Å². The van der Waals surface area contributed by atoms with Crippen molar-refractivity contribution in [2.24, 2.45) is 0 Å². The van der Waals surface area contributed by atoms with Crippen LogP contribution < -0.4 is 4.74 Å². The second kappa shape index (κ2) is 6.71. The van der Waals surface area contributed by atoms with Gasteiger partial charge in [-0.15, -0.1) is 0 Å². The van der Waals surface area contributed by atoms with Crippen LogP contribution >= 0.6 is 0 Å². The van der Waals surface area contributed by atoms with E-state index in [4.69, 9.17) is 4.74 Å². The van der Waals surface area contributed by atoms with Crippen molar-refractivity contribution in [1.82, 2.24) is 4.90 Å². The third kappa shape index (κ3) is 3.57. The van der Waals surface area contributed by atoms with Crippen molar-refractivity contribution in [2.75, 3.05) is 19.7 Å². The van der Waals surface area contributed by atoms with Crippen molar-refractivity contribution in [3.63, 3.8) is 0 Å². The zero-order valence-corrected chi connectivity index (χ0v) is 11.9. The highest BCUT2D eigenvalue weighted by molar-refractivity contribution is 6.00. The summed E-state index contributed by atoms with van der Waals surface area (Å²) in [5, 5.41) is 0. The fourth-order valence-corrected chi connectivity index (χ4v) is 2.64. The highest BCUT2D eigenvalue weighted by atomic mass is 16.5. The Bertz CT molecular complexity index is 431. The number of ketones is 1. The number of hydrogen-bond donors (Lipinski definition) is 0. The molecule has 1 unspecified atom stereocenters. The molecule has 1 saturated heterocycles. The highest BCUT2D eigenvalue weighted by Gasteiger charge is 2.22. The summed E-state index contributed by atoms with van der Waals surface area (Å²) in [6.45, 7) is 6.27. The van der Waals surface area contributed by atoms with Crippen LogP contribution in [0, 0.1) is 0 Å². The predicted molar refractivity (Wildman–Crippen MR) is 76.8 cm³/mol. The van der Waals surface area contributed by atoms with Gasteiger partial charge in [0.25, 0.3) is 0 Å². The summed E-state index contributed by atoms with van der Waals surface area (Å²) in [5.74, 6) is 0.873. The lowest BCUT2D eigenvalue weighted by molar-refractivity contribution is 0.0857. The zero-order chi connectivity index (χ0) is 13.7. The van der Waals surface area contributed by atoms with Crippen molar-refractivity contribution < 1.29 is 9.53 Å². The van der Waals surface area contributed by atoms with Crippen LogP contribution in [0.3, 0.4) is 0 Å². The average molecular weight is 261 g/mol. The summed E-state index contributed by atoms with van der Waals surface area (Å²) < 4.78 is 5.53. The molecule has 0 radical (unpaired) electrons. The Balaban J connectivity index is 2.06. The second-order valence-corrected chi connectivity index (χ2v) is 5.17. The molecule has 3 nitrogen and oxygen atoms in total. The summed E-state index contributed by atoms with van der Waals surface area (Å²) in [5.41, 5.74) is 0.710. The minimum absolute atomic E-state index is 0.165. The van der Waals surface area contributed by atoms with Gasteiger partial charge in [0.15, 0.2) is 5.78 Å². The number of Topliss-reactive ketones (excluding diaryl/α,β-unsaturated/α-hetero) is 1. The van der Waals surface area contributed by atoms with Gasteiger partial charge in [-0.3, -0.25) is 9.69 Å². The Labute approximate surface area is 115 Å². The molecule has 1 heterocycles. The Morgan fingerprint density at radius 2 is 2.16 bits per heavy atom. The zero-order valence-electron chi connectivity index (χ0n) is 11.9. The van der Waals surface area contributed by atoms with Gasteiger partial charge in [0.1, 0.15) is 5.75 Å². The molecule has 1 aliphatic heterocycles. The maximum atomic E-state index is 12.4. The number of hydrogen-bond acceptors (Lipinski definition) is 3. The molecule has 1 aromatic rings. The smallest absolute Gasteiger partial charge is 0.180 e. The standard InChI is InChI=1S/C16H23NO2/c1-3-19-16-10-5-4-9-14(16)15(18)12-17-11-7-6-8-13(17)2/h4-5,9-10,13H,3,6-8,11-12H2,1-2H3. The van der Waals surface area contributed by atoms with Gasteiger partial charge in [-0.1, -0.05) is 18.6 Å². The molecule has 0 aromatic heterocycles. The van der Waals surface area contributed by atoms with Crippen molar-refractivity contribution in [1.29, 1.82) is 0 Å². The first-order valence-corrected chi connectivity index (χ1v) is 7.21. The van der Waals surface area contributed by atoms with Crippen molar-refractivity contribution in [2.45, 2.75) is 39.2 Å². The number of benzene rings is 1. The summed E-state index contributed by atoms with van der Waals surface area (Å²) in [6.07, 6.45) is 3.67. The van der Waals surface area contributed by atoms with Gasteiger partial charge in [0.2, 0.25) is 0 Å². The summed E-state index contributed by atoms with van der Waals surface area (Å²) in [6, 6.07) is 8.05. The number of likely N-dealkylation sites (tertiary alicyclic amines) is 1. The van der Waals surface area contributed by atoms with Crippen LogP contribution in [0.25, 0.3) is 0 Å². The molecule has 19 heavy (non-hydrogen) atoms. The van der Waals surface area contributed by atoms with Crippen LogP contribution in [0.2, 0.25) is 0 Å². The number of ether oxygens (including phenoxy) is 1. The lowest BCUT2D eigenvalue weighted by atomic mass is 10.0. The molecular weight excluding hydrogens is 238 g/mol. The van der Waals surface area contributed by atoms with Crippen molar-refractivity contribution >= 4 is 5.78 Å². The van der Waals surface area contributed by atoms with Gasteiger partial charge in [-0.05, 0) is 45.4 Å². The average Bonchev–Trinajstić information content (AvgIpc) is 2.42. The molecular formula is C16H23NO2. The Morgan fingerprint density at radius 3 is 2.89 bits per heavy atom. The van der Waals surface area contributed by atoms with Crippen LogP contribution in [0.1, 0.15) is 43.5 Å². The molecule has 0 amide bonds. The first-order valence-electron chi connectivity index (χ1n) is 7.21. The Morgan fingerprint density at radius 1 is 1.37 bits per heavy atom. The molecule has 0 spiro atoms. The number of carbonyl (C=O) groups is 1. The van der Waals surface area contributed by atoms with Gasteiger partial charge in [0, 0.05) is 6.04 Å². The molecule has 104 valence electrons. The number of nitrogens with zero attached hydrogens (tertiary/aromatic N) is 1. The van der Waals surface area contributed by atoms with Gasteiger partial charge in [-0.2, -0.15) is 0 Å². The van der Waals surface area contributed by atoms with Gasteiger partial charge in [0.05, 0.1) is 18.7 Å². The maximum Gasteiger partial charge on any atom is 0.180 e. The molecule has 2 rings (SSSR count). The van der Waals surface area contributed by atoms with E-state index in [1.54, 1.807) is 0 Å². The van der Waals surface area contributed by atoms with Crippen molar-refractivity contribution in [3.8, 4) is 5.75 Å². The lowest BCUT2D eigenvalue weighted by Gasteiger charge is -2.32. The number of rotatable bonds is 5. The largest absolute Gasteiger partial charge is 0.493 e. The molecule has 1 aromatic carbocycles. The van der Waals surface area contributed by atoms with E-state index in [2.05, 4.69) is 11.8 Å². The third-order valence-corrected chi connectivity index (χ3v) is 3.77. The monoisotopic (exact) mass is 261 g/mol. The molecule has 0 bridgehead atoms. The molecule has 0 N–H and O–H groups in total. The van der Waals surface area contributed by atoms with Crippen LogP contribution in [0.15, 0.2) is 24.3 Å². The van der Waals surface area contributed by atoms with E-state index in [0.29, 0.717) is 30.5 Å². The quantitative estimate of drug-likeness (QED) is 0.763. The molecule has 0 saturated carbocycles. The van der Waals surface area contributed by atoms with E-state index < -0.39 is 0 Å². The SMILES string of the molecule is CCOc1ccccc1C(=O)CN1CCCCC1C. The maximum absolute atomic E-state index is 12.4. The minimum Gasteiger partial charge on any atom is -0.493 e. The molecule has 1 aliphatic rings. The molecule has 3 heteroatoms. The number of carbonyl (C=O) groups excluding carboxylic acids is 1. The summed E-state index contributed by atoms with van der Waals surface area (Å²) in [7, 11) is 0. The van der Waals surface area contributed by atoms with E-state index in [9.17, 15) is 4.79 Å². The van der Waals surface area contributed by atoms with E-state index in [-0.39, 0.29) is 5.78 Å². The fraction of sp³-hybridized carbons (Fsp3) is 0.562. The summed E-state index contributed by atoms with van der Waals surface area (Å²) in [4.78, 5) is 14.7. The number of piperidine rings is 1. The minimum atomic E-state index is 0.165. The van der Waals surface area contributed by atoms with E-state index in [1.165, 1.54) is 19.3 Å². The van der Waals surface area contributed by atoms with Crippen LogP contribution in [0.4, 0.5) is 0 Å².